The summed E-state index contributed by atoms with van der Waals surface area (Å²) in [5, 5.41) is 8.46. The van der Waals surface area contributed by atoms with Crippen LogP contribution in [0.3, 0.4) is 0 Å². The first-order valence-electron chi connectivity index (χ1n) is 4.84. The molecule has 0 aromatic rings. The molecule has 2 nitrogen and oxygen atoms in total. The Kier molecular flexibility index (Phi) is 3.77. The molecule has 0 fully saturated rings. The van der Waals surface area contributed by atoms with E-state index in [1.165, 1.54) is 0 Å². The van der Waals surface area contributed by atoms with Gasteiger partial charge in [-0.2, -0.15) is 13.2 Å². The third-order valence-electron chi connectivity index (χ3n) is 2.69. The van der Waals surface area contributed by atoms with Gasteiger partial charge in [0.1, 0.15) is 0 Å². The molecule has 86 valence electrons. The van der Waals surface area contributed by atoms with Crippen molar-refractivity contribution in [1.82, 2.24) is 0 Å². The lowest BCUT2D eigenvalue weighted by Gasteiger charge is -2.28. The van der Waals surface area contributed by atoms with Gasteiger partial charge in [-0.3, -0.25) is 4.79 Å². The van der Waals surface area contributed by atoms with Gasteiger partial charge in [0.15, 0.2) is 0 Å². The van der Waals surface area contributed by atoms with E-state index in [0.717, 1.165) is 0 Å². The van der Waals surface area contributed by atoms with Crippen molar-refractivity contribution in [2.24, 2.45) is 11.8 Å². The summed E-state index contributed by atoms with van der Waals surface area (Å²) < 4.78 is 37.7. The molecule has 0 heterocycles. The normalized spacial score (nSPS) is 23.8. The maximum Gasteiger partial charge on any atom is 0.392 e. The number of hydrogen-bond donors (Lipinski definition) is 1. The molecule has 0 radical (unpaired) electrons. The van der Waals surface area contributed by atoms with Crippen LogP contribution in [0, 0.1) is 11.8 Å². The standard InChI is InChI=1S/C10H13F3O2/c11-10(12,13)8(6-9(14)15)7-4-2-1-3-5-7/h1-2,7-8H,3-6H2,(H,14,15). The first kappa shape index (κ1) is 12.1. The van der Waals surface area contributed by atoms with E-state index in [9.17, 15) is 18.0 Å². The second-order valence-electron chi connectivity index (χ2n) is 3.79. The fourth-order valence-electron chi connectivity index (χ4n) is 1.92. The quantitative estimate of drug-likeness (QED) is 0.745. The van der Waals surface area contributed by atoms with Crippen LogP contribution in [-0.2, 0) is 4.79 Å². The number of carboxylic acids is 1. The van der Waals surface area contributed by atoms with Crippen molar-refractivity contribution < 1.29 is 23.1 Å². The van der Waals surface area contributed by atoms with Crippen LogP contribution in [0.1, 0.15) is 25.7 Å². The molecule has 0 amide bonds. The van der Waals surface area contributed by atoms with E-state index >= 15 is 0 Å². The fourth-order valence-corrected chi connectivity index (χ4v) is 1.92. The van der Waals surface area contributed by atoms with Crippen molar-refractivity contribution in [3.05, 3.63) is 12.2 Å². The summed E-state index contributed by atoms with van der Waals surface area (Å²) >= 11 is 0. The van der Waals surface area contributed by atoms with Gasteiger partial charge in [0.2, 0.25) is 0 Å². The van der Waals surface area contributed by atoms with Gasteiger partial charge in [-0.25, -0.2) is 0 Å². The maximum atomic E-state index is 12.6. The molecule has 5 heteroatoms. The van der Waals surface area contributed by atoms with Crippen molar-refractivity contribution in [1.29, 1.82) is 0 Å². The third kappa shape index (κ3) is 3.57. The summed E-state index contributed by atoms with van der Waals surface area (Å²) in [4.78, 5) is 10.4. The molecule has 1 N–H and O–H groups in total. The van der Waals surface area contributed by atoms with Crippen molar-refractivity contribution in [2.75, 3.05) is 0 Å². The third-order valence-corrected chi connectivity index (χ3v) is 2.69. The summed E-state index contributed by atoms with van der Waals surface area (Å²) in [6.07, 6.45) is -0.321. The Morgan fingerprint density at radius 1 is 1.47 bits per heavy atom. The molecule has 0 aliphatic heterocycles. The van der Waals surface area contributed by atoms with Crippen molar-refractivity contribution in [3.63, 3.8) is 0 Å². The average molecular weight is 222 g/mol. The Morgan fingerprint density at radius 3 is 2.53 bits per heavy atom. The zero-order valence-electron chi connectivity index (χ0n) is 8.13. The lowest BCUT2D eigenvalue weighted by molar-refractivity contribution is -0.196. The topological polar surface area (TPSA) is 37.3 Å². The number of carbonyl (C=O) groups is 1. The smallest absolute Gasteiger partial charge is 0.392 e. The van der Waals surface area contributed by atoms with E-state index in [1.54, 1.807) is 6.08 Å². The average Bonchev–Trinajstić information content (AvgIpc) is 2.14. The van der Waals surface area contributed by atoms with Gasteiger partial charge in [-0.05, 0) is 25.2 Å². The Balaban J connectivity index is 2.71. The van der Waals surface area contributed by atoms with Gasteiger partial charge in [0.25, 0.3) is 0 Å². The van der Waals surface area contributed by atoms with Crippen LogP contribution in [-0.4, -0.2) is 17.3 Å². The minimum absolute atomic E-state index is 0.331. The molecule has 0 aromatic carbocycles. The van der Waals surface area contributed by atoms with Crippen molar-refractivity contribution >= 4 is 5.97 Å². The first-order valence-corrected chi connectivity index (χ1v) is 4.84. The summed E-state index contributed by atoms with van der Waals surface area (Å²) in [7, 11) is 0. The Bertz CT molecular complexity index is 258. The van der Waals surface area contributed by atoms with E-state index in [1.807, 2.05) is 6.08 Å². The van der Waals surface area contributed by atoms with Gasteiger partial charge in [-0.1, -0.05) is 12.2 Å². The minimum atomic E-state index is -4.41. The zero-order chi connectivity index (χ0) is 11.5. The number of aliphatic carboxylic acids is 1. The predicted octanol–water partition coefficient (Wildman–Crippen LogP) is 3.00. The number of halogens is 3. The van der Waals surface area contributed by atoms with E-state index in [2.05, 4.69) is 0 Å². The molecule has 15 heavy (non-hydrogen) atoms. The molecule has 0 spiro atoms. The van der Waals surface area contributed by atoms with Gasteiger partial charge >= 0.3 is 12.1 Å². The largest absolute Gasteiger partial charge is 0.481 e. The minimum Gasteiger partial charge on any atom is -0.481 e. The Hall–Kier alpha value is -1.00. The molecule has 0 aromatic heterocycles. The summed E-state index contributed by atoms with van der Waals surface area (Å²) in [5.74, 6) is -3.67. The van der Waals surface area contributed by atoms with E-state index in [0.29, 0.717) is 19.3 Å². The number of allylic oxidation sites excluding steroid dienone is 2. The van der Waals surface area contributed by atoms with Gasteiger partial charge in [0.05, 0.1) is 12.3 Å². The summed E-state index contributed by atoms with van der Waals surface area (Å²) in [6.45, 7) is 0. The molecule has 0 saturated heterocycles. The van der Waals surface area contributed by atoms with E-state index in [-0.39, 0.29) is 0 Å². The second-order valence-corrected chi connectivity index (χ2v) is 3.79. The first-order chi connectivity index (χ1) is 6.91. The molecule has 0 saturated carbocycles. The highest BCUT2D eigenvalue weighted by atomic mass is 19.4. The van der Waals surface area contributed by atoms with E-state index < -0.39 is 30.4 Å². The number of hydrogen-bond acceptors (Lipinski definition) is 1. The second kappa shape index (κ2) is 4.68. The fraction of sp³-hybridized carbons (Fsp3) is 0.700. The van der Waals surface area contributed by atoms with Gasteiger partial charge in [0, 0.05) is 0 Å². The molecule has 2 unspecified atom stereocenters. The number of alkyl halides is 3. The predicted molar refractivity (Wildman–Crippen MR) is 48.3 cm³/mol. The molecule has 1 rings (SSSR count). The van der Waals surface area contributed by atoms with Gasteiger partial charge < -0.3 is 5.11 Å². The molecular weight excluding hydrogens is 209 g/mol. The van der Waals surface area contributed by atoms with E-state index in [4.69, 9.17) is 5.11 Å². The monoisotopic (exact) mass is 222 g/mol. The number of carboxylic acid groups (broad SMARTS) is 1. The summed E-state index contributed by atoms with van der Waals surface area (Å²) in [5.41, 5.74) is 0. The molecule has 1 aliphatic rings. The Labute approximate surface area is 85.8 Å². The molecule has 0 bridgehead atoms. The van der Waals surface area contributed by atoms with Crippen LogP contribution in [0.5, 0.6) is 0 Å². The van der Waals surface area contributed by atoms with Crippen molar-refractivity contribution in [3.8, 4) is 0 Å². The van der Waals surface area contributed by atoms with Crippen LogP contribution >= 0.6 is 0 Å². The van der Waals surface area contributed by atoms with Gasteiger partial charge in [-0.15, -0.1) is 0 Å². The van der Waals surface area contributed by atoms with Crippen LogP contribution in [0.25, 0.3) is 0 Å². The van der Waals surface area contributed by atoms with Crippen LogP contribution in [0.2, 0.25) is 0 Å². The number of rotatable bonds is 3. The Morgan fingerprint density at radius 2 is 2.13 bits per heavy atom. The SMILES string of the molecule is O=C(O)CC(C1CC=CCC1)C(F)(F)F. The highest BCUT2D eigenvalue weighted by molar-refractivity contribution is 5.67. The molecule has 1 aliphatic carbocycles. The lowest BCUT2D eigenvalue weighted by atomic mass is 9.81. The highest BCUT2D eigenvalue weighted by Crippen LogP contribution is 2.39. The zero-order valence-corrected chi connectivity index (χ0v) is 8.13. The van der Waals surface area contributed by atoms with Crippen LogP contribution < -0.4 is 0 Å². The maximum absolute atomic E-state index is 12.6. The lowest BCUT2D eigenvalue weighted by Crippen LogP contribution is -2.32. The molecule has 2 atom stereocenters. The van der Waals surface area contributed by atoms with Crippen molar-refractivity contribution in [2.45, 2.75) is 31.9 Å². The van der Waals surface area contributed by atoms with Crippen LogP contribution in [0.15, 0.2) is 12.2 Å². The summed E-state index contributed by atoms with van der Waals surface area (Å²) in [6, 6.07) is 0. The van der Waals surface area contributed by atoms with Crippen LogP contribution in [0.4, 0.5) is 13.2 Å². The highest BCUT2D eigenvalue weighted by Gasteiger charge is 2.45. The molecular formula is C10H13F3O2.